The lowest BCUT2D eigenvalue weighted by Gasteiger charge is -2.38. The van der Waals surface area contributed by atoms with Crippen LogP contribution in [0.2, 0.25) is 0 Å². The van der Waals surface area contributed by atoms with Crippen molar-refractivity contribution in [3.05, 3.63) is 29.3 Å². The Morgan fingerprint density at radius 1 is 1.24 bits per heavy atom. The molecule has 5 heteroatoms. The molecule has 2 fully saturated rings. The summed E-state index contributed by atoms with van der Waals surface area (Å²) in [4.78, 5) is 4.81. The smallest absolute Gasteiger partial charge is 0.173 e. The van der Waals surface area contributed by atoms with E-state index in [4.69, 9.17) is 17.0 Å². The first-order valence-corrected chi connectivity index (χ1v) is 9.89. The maximum atomic E-state index is 5.78. The SMILES string of the molecule is Cc1cccc(C)c1NC(=S)N1CCC(N(C)C[C@@H]2CCCO2)CC1. The summed E-state index contributed by atoms with van der Waals surface area (Å²) in [6.07, 6.45) is 5.20. The number of nitrogens with one attached hydrogen (secondary N) is 1. The molecule has 2 aliphatic rings. The first kappa shape index (κ1) is 18.6. The van der Waals surface area contributed by atoms with Crippen molar-refractivity contribution in [1.29, 1.82) is 0 Å². The van der Waals surface area contributed by atoms with E-state index in [0.717, 1.165) is 49.9 Å². The molecule has 1 aromatic carbocycles. The molecule has 3 rings (SSSR count). The molecule has 2 aliphatic heterocycles. The summed E-state index contributed by atoms with van der Waals surface area (Å²) in [5.41, 5.74) is 3.65. The molecule has 2 saturated heterocycles. The fourth-order valence-electron chi connectivity index (χ4n) is 3.97. The van der Waals surface area contributed by atoms with Gasteiger partial charge in [0.25, 0.3) is 0 Å². The van der Waals surface area contributed by atoms with Crippen LogP contribution in [0.5, 0.6) is 0 Å². The molecule has 0 aliphatic carbocycles. The van der Waals surface area contributed by atoms with E-state index < -0.39 is 0 Å². The lowest BCUT2D eigenvalue weighted by Crippen LogP contribution is -2.48. The minimum absolute atomic E-state index is 0.440. The number of para-hydroxylation sites is 1. The summed E-state index contributed by atoms with van der Waals surface area (Å²) in [6, 6.07) is 6.99. The van der Waals surface area contributed by atoms with Crippen LogP contribution in [-0.2, 0) is 4.74 Å². The standard InChI is InChI=1S/C20H31N3OS/c1-15-6-4-7-16(2)19(15)21-20(25)23-11-9-17(10-12-23)22(3)14-18-8-5-13-24-18/h4,6-7,17-18H,5,8-14H2,1-3H3,(H,21,25)/t18-/m0/s1. The summed E-state index contributed by atoms with van der Waals surface area (Å²) in [6.45, 7) is 8.31. The third-order valence-corrected chi connectivity index (χ3v) is 5.96. The first-order valence-electron chi connectivity index (χ1n) is 9.48. The molecule has 0 unspecified atom stereocenters. The molecule has 25 heavy (non-hydrogen) atoms. The topological polar surface area (TPSA) is 27.7 Å². The number of ether oxygens (including phenoxy) is 1. The van der Waals surface area contributed by atoms with Crippen LogP contribution < -0.4 is 5.32 Å². The minimum atomic E-state index is 0.440. The van der Waals surface area contributed by atoms with Crippen LogP contribution in [0, 0.1) is 13.8 Å². The van der Waals surface area contributed by atoms with Crippen molar-refractivity contribution < 1.29 is 4.74 Å². The molecule has 1 N–H and O–H groups in total. The van der Waals surface area contributed by atoms with Gasteiger partial charge in [0.2, 0.25) is 0 Å². The quantitative estimate of drug-likeness (QED) is 0.828. The Hall–Kier alpha value is -1.17. The Kier molecular flexibility index (Phi) is 6.31. The van der Waals surface area contributed by atoms with Crippen LogP contribution in [0.15, 0.2) is 18.2 Å². The molecular formula is C20H31N3OS. The number of rotatable bonds is 4. The van der Waals surface area contributed by atoms with Crippen molar-refractivity contribution in [3.8, 4) is 0 Å². The molecule has 4 nitrogen and oxygen atoms in total. The Morgan fingerprint density at radius 2 is 1.92 bits per heavy atom. The Balaban J connectivity index is 1.49. The highest BCUT2D eigenvalue weighted by molar-refractivity contribution is 7.80. The maximum Gasteiger partial charge on any atom is 0.173 e. The van der Waals surface area contributed by atoms with Gasteiger partial charge in [0.1, 0.15) is 0 Å². The second-order valence-corrected chi connectivity index (χ2v) is 7.88. The molecular weight excluding hydrogens is 330 g/mol. The average Bonchev–Trinajstić information content (AvgIpc) is 3.11. The van der Waals surface area contributed by atoms with Gasteiger partial charge in [0.15, 0.2) is 5.11 Å². The number of anilines is 1. The Morgan fingerprint density at radius 3 is 2.52 bits per heavy atom. The van der Waals surface area contributed by atoms with Crippen LogP contribution in [0.25, 0.3) is 0 Å². The Labute approximate surface area is 157 Å². The number of likely N-dealkylation sites (tertiary alicyclic amines) is 1. The van der Waals surface area contributed by atoms with Gasteiger partial charge in [-0.2, -0.15) is 0 Å². The molecule has 0 spiro atoms. The van der Waals surface area contributed by atoms with Crippen LogP contribution in [0.1, 0.15) is 36.8 Å². The number of nitrogens with zero attached hydrogens (tertiary/aromatic N) is 2. The van der Waals surface area contributed by atoms with E-state index in [9.17, 15) is 0 Å². The van der Waals surface area contributed by atoms with Gasteiger partial charge in [0, 0.05) is 38.0 Å². The third-order valence-electron chi connectivity index (χ3n) is 5.60. The van der Waals surface area contributed by atoms with Gasteiger partial charge < -0.3 is 19.9 Å². The van der Waals surface area contributed by atoms with Crippen molar-refractivity contribution in [2.45, 2.75) is 51.7 Å². The van der Waals surface area contributed by atoms with Crippen molar-refractivity contribution in [3.63, 3.8) is 0 Å². The van der Waals surface area contributed by atoms with E-state index in [2.05, 4.69) is 54.2 Å². The predicted molar refractivity (Wildman–Crippen MR) is 108 cm³/mol. The van der Waals surface area contributed by atoms with Gasteiger partial charge >= 0.3 is 0 Å². The molecule has 1 atom stereocenters. The molecule has 0 amide bonds. The fraction of sp³-hybridized carbons (Fsp3) is 0.650. The first-order chi connectivity index (χ1) is 12.0. The highest BCUT2D eigenvalue weighted by atomic mass is 32.1. The molecule has 0 bridgehead atoms. The van der Waals surface area contributed by atoms with Crippen LogP contribution >= 0.6 is 12.2 Å². The van der Waals surface area contributed by atoms with Gasteiger partial charge in [-0.3, -0.25) is 0 Å². The third kappa shape index (κ3) is 4.72. The van der Waals surface area contributed by atoms with Crippen molar-refractivity contribution >= 4 is 23.0 Å². The minimum Gasteiger partial charge on any atom is -0.377 e. The van der Waals surface area contributed by atoms with Crippen molar-refractivity contribution in [2.24, 2.45) is 0 Å². The highest BCUT2D eigenvalue weighted by Crippen LogP contribution is 2.22. The maximum absolute atomic E-state index is 5.78. The molecule has 0 radical (unpaired) electrons. The second-order valence-electron chi connectivity index (χ2n) is 7.49. The van der Waals surface area contributed by atoms with E-state index in [1.54, 1.807) is 0 Å². The van der Waals surface area contributed by atoms with E-state index in [1.165, 1.54) is 24.0 Å². The second kappa shape index (κ2) is 8.47. The average molecular weight is 362 g/mol. The van der Waals surface area contributed by atoms with Gasteiger partial charge in [-0.1, -0.05) is 18.2 Å². The van der Waals surface area contributed by atoms with E-state index in [-0.39, 0.29) is 0 Å². The number of thiocarbonyl (C=S) groups is 1. The molecule has 2 heterocycles. The van der Waals surface area contributed by atoms with Gasteiger partial charge in [-0.15, -0.1) is 0 Å². The number of benzene rings is 1. The lowest BCUT2D eigenvalue weighted by atomic mass is 10.0. The summed E-state index contributed by atoms with van der Waals surface area (Å²) in [7, 11) is 2.25. The van der Waals surface area contributed by atoms with Crippen LogP contribution in [0.3, 0.4) is 0 Å². The number of likely N-dealkylation sites (N-methyl/N-ethyl adjacent to an activating group) is 1. The summed E-state index contributed by atoms with van der Waals surface area (Å²) in [5.74, 6) is 0. The number of hydrogen-bond acceptors (Lipinski definition) is 3. The van der Waals surface area contributed by atoms with Crippen molar-refractivity contribution in [2.75, 3.05) is 38.6 Å². The van der Waals surface area contributed by atoms with Crippen LogP contribution in [0.4, 0.5) is 5.69 Å². The lowest BCUT2D eigenvalue weighted by molar-refractivity contribution is 0.0576. The van der Waals surface area contributed by atoms with Gasteiger partial charge in [0.05, 0.1) is 6.10 Å². The monoisotopic (exact) mass is 361 g/mol. The summed E-state index contributed by atoms with van der Waals surface area (Å²) in [5, 5.41) is 4.33. The zero-order chi connectivity index (χ0) is 17.8. The Bertz CT molecular complexity index is 572. The normalized spacial score (nSPS) is 21.8. The highest BCUT2D eigenvalue weighted by Gasteiger charge is 2.26. The van der Waals surface area contributed by atoms with Crippen LogP contribution in [-0.4, -0.2) is 60.3 Å². The number of aryl methyl sites for hydroxylation is 2. The van der Waals surface area contributed by atoms with E-state index in [0.29, 0.717) is 12.1 Å². The zero-order valence-corrected chi connectivity index (χ0v) is 16.6. The molecule has 0 aromatic heterocycles. The van der Waals surface area contributed by atoms with Gasteiger partial charge in [-0.05, 0) is 69.9 Å². The molecule has 138 valence electrons. The summed E-state index contributed by atoms with van der Waals surface area (Å²) < 4.78 is 5.78. The van der Waals surface area contributed by atoms with Gasteiger partial charge in [-0.25, -0.2) is 0 Å². The molecule has 1 aromatic rings. The predicted octanol–water partition coefficient (Wildman–Crippen LogP) is 3.58. The summed E-state index contributed by atoms with van der Waals surface area (Å²) >= 11 is 5.68. The fourth-order valence-corrected chi connectivity index (χ4v) is 4.25. The number of hydrogen-bond donors (Lipinski definition) is 1. The largest absolute Gasteiger partial charge is 0.377 e. The molecule has 0 saturated carbocycles. The number of piperidine rings is 1. The van der Waals surface area contributed by atoms with Crippen molar-refractivity contribution in [1.82, 2.24) is 9.80 Å². The van der Waals surface area contributed by atoms with E-state index >= 15 is 0 Å². The van der Waals surface area contributed by atoms with E-state index in [1.807, 2.05) is 0 Å². The zero-order valence-electron chi connectivity index (χ0n) is 15.8.